The topological polar surface area (TPSA) is 21.3 Å². The number of rotatable bonds is 2. The molecule has 1 N–H and O–H groups in total. The molecule has 5 heteroatoms. The highest BCUT2D eigenvalue weighted by atomic mass is 35.5. The number of nitrogens with one attached hydrogen (secondary N) is 1. The van der Waals surface area contributed by atoms with Crippen molar-refractivity contribution in [3.63, 3.8) is 0 Å². The Morgan fingerprint density at radius 1 is 1.00 bits per heavy atom. The molecule has 0 fully saturated rings. The van der Waals surface area contributed by atoms with Crippen molar-refractivity contribution in [3.05, 3.63) is 57.0 Å². The van der Waals surface area contributed by atoms with Crippen molar-refractivity contribution in [3.8, 4) is 5.75 Å². The Morgan fingerprint density at radius 2 is 1.76 bits per heavy atom. The molecule has 0 spiro atoms. The normalized spacial score (nSPS) is 17.6. The van der Waals surface area contributed by atoms with E-state index in [1.807, 2.05) is 6.07 Å². The van der Waals surface area contributed by atoms with Crippen LogP contribution in [-0.4, -0.2) is 12.6 Å². The van der Waals surface area contributed by atoms with Crippen LogP contribution in [0.2, 0.25) is 15.1 Å². The van der Waals surface area contributed by atoms with Crippen molar-refractivity contribution in [1.29, 1.82) is 0 Å². The predicted octanol–water partition coefficient (Wildman–Crippen LogP) is 5.45. The number of halogens is 3. The summed E-state index contributed by atoms with van der Waals surface area (Å²) < 4.78 is 6.00. The Labute approximate surface area is 139 Å². The van der Waals surface area contributed by atoms with Crippen molar-refractivity contribution in [2.75, 3.05) is 11.9 Å². The van der Waals surface area contributed by atoms with Gasteiger partial charge in [-0.3, -0.25) is 0 Å². The third-order valence-electron chi connectivity index (χ3n) is 3.54. The molecule has 21 heavy (non-hydrogen) atoms. The fraction of sp³-hybridized carbons (Fsp3) is 0.250. The van der Waals surface area contributed by atoms with Gasteiger partial charge in [0.05, 0.1) is 21.6 Å². The molecule has 0 aliphatic carbocycles. The molecule has 2 aromatic rings. The van der Waals surface area contributed by atoms with Crippen LogP contribution < -0.4 is 10.1 Å². The van der Waals surface area contributed by atoms with Crippen LogP contribution in [0.4, 0.5) is 5.69 Å². The first-order valence-corrected chi connectivity index (χ1v) is 7.90. The second kappa shape index (κ2) is 6.35. The van der Waals surface area contributed by atoms with Crippen LogP contribution in [0.15, 0.2) is 36.4 Å². The summed E-state index contributed by atoms with van der Waals surface area (Å²) in [6.07, 6.45) is 1.92. The standard InChI is InChI=1S/C16H14Cl3NO/c17-12-7-14(19)16(8-13(12)18)21-11-6-5-10-3-1-2-4-15(10)20-9-11/h1-4,7-8,11,20H,5-6,9H2. The van der Waals surface area contributed by atoms with Crippen molar-refractivity contribution in [2.24, 2.45) is 0 Å². The number of fused-ring (bicyclic) bond motifs is 1. The number of hydrogen-bond donors (Lipinski definition) is 1. The third kappa shape index (κ3) is 3.39. The van der Waals surface area contributed by atoms with Crippen LogP contribution in [0.3, 0.4) is 0 Å². The molecule has 110 valence electrons. The maximum Gasteiger partial charge on any atom is 0.140 e. The highest BCUT2D eigenvalue weighted by Gasteiger charge is 2.18. The van der Waals surface area contributed by atoms with Crippen molar-refractivity contribution in [2.45, 2.75) is 18.9 Å². The quantitative estimate of drug-likeness (QED) is 0.732. The lowest BCUT2D eigenvalue weighted by Crippen LogP contribution is -2.25. The zero-order valence-corrected chi connectivity index (χ0v) is 13.5. The van der Waals surface area contributed by atoms with E-state index in [4.69, 9.17) is 39.5 Å². The minimum Gasteiger partial charge on any atom is -0.487 e. The van der Waals surface area contributed by atoms with Crippen LogP contribution in [0.5, 0.6) is 5.75 Å². The summed E-state index contributed by atoms with van der Waals surface area (Å²) in [6.45, 7) is 0.730. The van der Waals surface area contributed by atoms with E-state index >= 15 is 0 Å². The SMILES string of the molecule is Clc1cc(Cl)c(OC2CCc3ccccc3NC2)cc1Cl. The molecule has 0 aromatic heterocycles. The Bertz CT molecular complexity index is 633. The first kappa shape index (κ1) is 14.8. The van der Waals surface area contributed by atoms with E-state index in [1.54, 1.807) is 12.1 Å². The summed E-state index contributed by atoms with van der Waals surface area (Å²) in [7, 11) is 0. The van der Waals surface area contributed by atoms with E-state index in [1.165, 1.54) is 11.3 Å². The fourth-order valence-corrected chi connectivity index (χ4v) is 3.01. The van der Waals surface area contributed by atoms with E-state index in [-0.39, 0.29) is 6.10 Å². The van der Waals surface area contributed by atoms with Gasteiger partial charge >= 0.3 is 0 Å². The maximum atomic E-state index is 6.16. The summed E-state index contributed by atoms with van der Waals surface area (Å²) in [5.74, 6) is 0.573. The van der Waals surface area contributed by atoms with E-state index in [2.05, 4.69) is 23.5 Å². The van der Waals surface area contributed by atoms with Gasteiger partial charge in [0.15, 0.2) is 0 Å². The fourth-order valence-electron chi connectivity index (χ4n) is 2.43. The van der Waals surface area contributed by atoms with Gasteiger partial charge in [-0.2, -0.15) is 0 Å². The highest BCUT2D eigenvalue weighted by molar-refractivity contribution is 6.43. The van der Waals surface area contributed by atoms with Gasteiger partial charge in [0.1, 0.15) is 11.9 Å². The molecule has 1 atom stereocenters. The Hall–Kier alpha value is -1.09. The summed E-state index contributed by atoms with van der Waals surface area (Å²) in [5.41, 5.74) is 2.48. The second-order valence-corrected chi connectivity index (χ2v) is 6.23. The molecule has 0 saturated heterocycles. The Balaban J connectivity index is 1.74. The number of ether oxygens (including phenoxy) is 1. The lowest BCUT2D eigenvalue weighted by Gasteiger charge is -2.18. The molecule has 2 nitrogen and oxygen atoms in total. The minimum absolute atomic E-state index is 0.0344. The first-order chi connectivity index (χ1) is 10.1. The third-order valence-corrected chi connectivity index (χ3v) is 4.56. The van der Waals surface area contributed by atoms with Gasteiger partial charge in [0.2, 0.25) is 0 Å². The summed E-state index contributed by atoms with van der Waals surface area (Å²) in [5, 5.41) is 4.77. The monoisotopic (exact) mass is 341 g/mol. The van der Waals surface area contributed by atoms with E-state index in [0.29, 0.717) is 20.8 Å². The Morgan fingerprint density at radius 3 is 2.62 bits per heavy atom. The van der Waals surface area contributed by atoms with Gasteiger partial charge in [-0.15, -0.1) is 0 Å². The lowest BCUT2D eigenvalue weighted by atomic mass is 10.1. The molecule has 0 radical (unpaired) electrons. The minimum atomic E-state index is 0.0344. The summed E-state index contributed by atoms with van der Waals surface area (Å²) in [4.78, 5) is 0. The second-order valence-electron chi connectivity index (χ2n) is 5.01. The highest BCUT2D eigenvalue weighted by Crippen LogP contribution is 2.35. The molecule has 1 aliphatic heterocycles. The van der Waals surface area contributed by atoms with Crippen LogP contribution in [0.1, 0.15) is 12.0 Å². The maximum absolute atomic E-state index is 6.16. The molecule has 1 unspecified atom stereocenters. The molecular formula is C16H14Cl3NO. The largest absolute Gasteiger partial charge is 0.487 e. The number of aryl methyl sites for hydroxylation is 1. The molecular weight excluding hydrogens is 329 g/mol. The molecule has 0 amide bonds. The van der Waals surface area contributed by atoms with Crippen LogP contribution in [-0.2, 0) is 6.42 Å². The molecule has 0 bridgehead atoms. The van der Waals surface area contributed by atoms with E-state index < -0.39 is 0 Å². The number of hydrogen-bond acceptors (Lipinski definition) is 2. The lowest BCUT2D eigenvalue weighted by molar-refractivity contribution is 0.206. The van der Waals surface area contributed by atoms with Gasteiger partial charge in [-0.05, 0) is 30.5 Å². The number of anilines is 1. The van der Waals surface area contributed by atoms with E-state index in [9.17, 15) is 0 Å². The summed E-state index contributed by atoms with van der Waals surface area (Å²) >= 11 is 18.1. The van der Waals surface area contributed by atoms with Crippen molar-refractivity contribution < 1.29 is 4.74 Å². The smallest absolute Gasteiger partial charge is 0.140 e. The average molecular weight is 343 g/mol. The van der Waals surface area contributed by atoms with Gasteiger partial charge in [-0.25, -0.2) is 0 Å². The zero-order chi connectivity index (χ0) is 14.8. The Kier molecular flexibility index (Phi) is 4.48. The summed E-state index contributed by atoms with van der Waals surface area (Å²) in [6, 6.07) is 11.6. The number of benzene rings is 2. The molecule has 1 heterocycles. The predicted molar refractivity (Wildman–Crippen MR) is 89.1 cm³/mol. The van der Waals surface area contributed by atoms with Crippen LogP contribution in [0.25, 0.3) is 0 Å². The number of para-hydroxylation sites is 1. The first-order valence-electron chi connectivity index (χ1n) is 6.76. The average Bonchev–Trinajstić information content (AvgIpc) is 2.68. The van der Waals surface area contributed by atoms with Gasteiger partial charge in [0.25, 0.3) is 0 Å². The zero-order valence-electron chi connectivity index (χ0n) is 11.2. The van der Waals surface area contributed by atoms with Gasteiger partial charge in [0, 0.05) is 11.8 Å². The van der Waals surface area contributed by atoms with Gasteiger partial charge < -0.3 is 10.1 Å². The molecule has 0 saturated carbocycles. The van der Waals surface area contributed by atoms with E-state index in [0.717, 1.165) is 19.4 Å². The van der Waals surface area contributed by atoms with Crippen molar-refractivity contribution >= 4 is 40.5 Å². The molecule has 3 rings (SSSR count). The molecule has 2 aromatic carbocycles. The van der Waals surface area contributed by atoms with Gasteiger partial charge in [-0.1, -0.05) is 53.0 Å². The van der Waals surface area contributed by atoms with Crippen molar-refractivity contribution in [1.82, 2.24) is 0 Å². The molecule has 1 aliphatic rings. The van der Waals surface area contributed by atoms with Crippen LogP contribution in [0, 0.1) is 0 Å². The van der Waals surface area contributed by atoms with Crippen LogP contribution >= 0.6 is 34.8 Å².